The monoisotopic (exact) mass is 236 g/mol. The Morgan fingerprint density at radius 3 is 3.06 bits per heavy atom. The molecule has 17 heavy (non-hydrogen) atoms. The second kappa shape index (κ2) is 5.29. The number of aromatic nitrogens is 2. The smallest absolute Gasteiger partial charge is 0.306 e. The number of hydrogen-bond acceptors (Lipinski definition) is 6. The van der Waals surface area contributed by atoms with E-state index < -0.39 is 0 Å². The molecule has 0 saturated heterocycles. The van der Waals surface area contributed by atoms with Crippen LogP contribution >= 0.6 is 0 Å². The number of nitrogens with zero attached hydrogens (tertiary/aromatic N) is 2. The molecule has 90 valence electrons. The molecule has 2 aromatic heterocycles. The summed E-state index contributed by atoms with van der Waals surface area (Å²) < 4.78 is 14.9. The summed E-state index contributed by atoms with van der Waals surface area (Å²) >= 11 is 0. The molecule has 2 heterocycles. The lowest BCUT2D eigenvalue weighted by Gasteiger charge is -2.00. The number of carbonyl (C=O) groups is 1. The van der Waals surface area contributed by atoms with Gasteiger partial charge in [0.25, 0.3) is 5.89 Å². The molecule has 0 aliphatic carbocycles. The lowest BCUT2D eigenvalue weighted by molar-refractivity contribution is -0.145. The van der Waals surface area contributed by atoms with Crippen molar-refractivity contribution in [2.24, 2.45) is 0 Å². The Morgan fingerprint density at radius 1 is 1.53 bits per heavy atom. The first-order chi connectivity index (χ1) is 8.24. The highest BCUT2D eigenvalue weighted by Crippen LogP contribution is 2.05. The van der Waals surface area contributed by atoms with Gasteiger partial charge in [-0.15, -0.1) is 0 Å². The van der Waals surface area contributed by atoms with Crippen molar-refractivity contribution in [3.05, 3.63) is 35.9 Å². The molecule has 0 saturated carbocycles. The molecule has 0 amide bonds. The van der Waals surface area contributed by atoms with Gasteiger partial charge < -0.3 is 13.7 Å². The number of ether oxygens (including phenoxy) is 1. The summed E-state index contributed by atoms with van der Waals surface area (Å²) in [6, 6.07) is 3.59. The van der Waals surface area contributed by atoms with E-state index in [-0.39, 0.29) is 19.0 Å². The fourth-order valence-corrected chi connectivity index (χ4v) is 1.29. The molecule has 0 atom stereocenters. The quantitative estimate of drug-likeness (QED) is 0.734. The molecule has 2 aromatic rings. The van der Waals surface area contributed by atoms with Gasteiger partial charge in [-0.25, -0.2) is 0 Å². The molecule has 0 spiro atoms. The van der Waals surface area contributed by atoms with Crippen LogP contribution in [-0.4, -0.2) is 16.1 Å². The van der Waals surface area contributed by atoms with Crippen LogP contribution in [0.1, 0.15) is 23.9 Å². The number of aryl methyl sites for hydroxylation is 2. The number of hydrogen-bond donors (Lipinski definition) is 0. The minimum Gasteiger partial charge on any atom is -0.469 e. The molecule has 6 nitrogen and oxygen atoms in total. The van der Waals surface area contributed by atoms with Crippen LogP contribution in [0.15, 0.2) is 27.3 Å². The van der Waals surface area contributed by atoms with Crippen molar-refractivity contribution in [3.8, 4) is 0 Å². The average Bonchev–Trinajstić information content (AvgIpc) is 2.95. The third-order valence-corrected chi connectivity index (χ3v) is 2.08. The van der Waals surface area contributed by atoms with Crippen molar-refractivity contribution >= 4 is 5.97 Å². The Labute approximate surface area is 97.6 Å². The molecule has 0 unspecified atom stereocenters. The lowest BCUT2D eigenvalue weighted by Crippen LogP contribution is -2.05. The van der Waals surface area contributed by atoms with Gasteiger partial charge in [0.05, 0.1) is 12.7 Å². The van der Waals surface area contributed by atoms with Gasteiger partial charge in [-0.3, -0.25) is 4.79 Å². The van der Waals surface area contributed by atoms with Gasteiger partial charge in [0.2, 0.25) is 0 Å². The van der Waals surface area contributed by atoms with Crippen LogP contribution in [0.25, 0.3) is 0 Å². The second-order valence-corrected chi connectivity index (χ2v) is 3.48. The molecule has 0 bridgehead atoms. The average molecular weight is 236 g/mol. The standard InChI is InChI=1S/C11H12N2O4/c1-8-12-10(17-13-8)7-16-11(14)5-4-9-3-2-6-15-9/h2-3,6H,4-5,7H2,1H3. The van der Waals surface area contributed by atoms with Gasteiger partial charge in [0.1, 0.15) is 5.76 Å². The summed E-state index contributed by atoms with van der Waals surface area (Å²) in [5.74, 6) is 1.26. The molecule has 0 fully saturated rings. The lowest BCUT2D eigenvalue weighted by atomic mass is 10.2. The largest absolute Gasteiger partial charge is 0.469 e. The molecule has 0 radical (unpaired) electrons. The second-order valence-electron chi connectivity index (χ2n) is 3.48. The highest BCUT2D eigenvalue weighted by Gasteiger charge is 2.08. The van der Waals surface area contributed by atoms with Crippen molar-refractivity contribution in [3.63, 3.8) is 0 Å². The van der Waals surface area contributed by atoms with E-state index in [4.69, 9.17) is 13.7 Å². The number of esters is 1. The van der Waals surface area contributed by atoms with Crippen molar-refractivity contribution < 1.29 is 18.5 Å². The van der Waals surface area contributed by atoms with Gasteiger partial charge >= 0.3 is 5.97 Å². The van der Waals surface area contributed by atoms with Crippen LogP contribution < -0.4 is 0 Å². The molecule has 0 N–H and O–H groups in total. The van der Waals surface area contributed by atoms with E-state index in [1.54, 1.807) is 19.3 Å². The number of rotatable bonds is 5. The van der Waals surface area contributed by atoms with E-state index in [1.807, 2.05) is 6.07 Å². The number of carbonyl (C=O) groups excluding carboxylic acids is 1. The first-order valence-corrected chi connectivity index (χ1v) is 5.21. The Balaban J connectivity index is 1.71. The maximum atomic E-state index is 11.4. The maximum absolute atomic E-state index is 11.4. The van der Waals surface area contributed by atoms with Crippen LogP contribution in [0.5, 0.6) is 0 Å². The normalized spacial score (nSPS) is 10.4. The minimum absolute atomic E-state index is 0.0117. The van der Waals surface area contributed by atoms with Gasteiger partial charge in [0, 0.05) is 6.42 Å². The summed E-state index contributed by atoms with van der Waals surface area (Å²) in [5, 5.41) is 3.59. The molecular weight excluding hydrogens is 224 g/mol. The Kier molecular flexibility index (Phi) is 3.54. The van der Waals surface area contributed by atoms with E-state index in [0.29, 0.717) is 18.1 Å². The Bertz CT molecular complexity index is 475. The van der Waals surface area contributed by atoms with Crippen LogP contribution in [-0.2, 0) is 22.6 Å². The Morgan fingerprint density at radius 2 is 2.41 bits per heavy atom. The van der Waals surface area contributed by atoms with Crippen LogP contribution in [0.3, 0.4) is 0 Å². The third-order valence-electron chi connectivity index (χ3n) is 2.08. The van der Waals surface area contributed by atoms with Crippen LogP contribution in [0.2, 0.25) is 0 Å². The zero-order chi connectivity index (χ0) is 12.1. The fraction of sp³-hybridized carbons (Fsp3) is 0.364. The molecule has 2 rings (SSSR count). The van der Waals surface area contributed by atoms with Crippen molar-refractivity contribution in [2.75, 3.05) is 0 Å². The van der Waals surface area contributed by atoms with Gasteiger partial charge in [-0.2, -0.15) is 4.98 Å². The zero-order valence-electron chi connectivity index (χ0n) is 9.38. The Hall–Kier alpha value is -2.11. The summed E-state index contributed by atoms with van der Waals surface area (Å²) in [6.07, 6.45) is 2.36. The van der Waals surface area contributed by atoms with E-state index in [2.05, 4.69) is 10.1 Å². The summed E-state index contributed by atoms with van der Waals surface area (Å²) in [7, 11) is 0. The van der Waals surface area contributed by atoms with E-state index >= 15 is 0 Å². The van der Waals surface area contributed by atoms with Crippen LogP contribution in [0, 0.1) is 6.92 Å². The highest BCUT2D eigenvalue weighted by molar-refractivity contribution is 5.69. The van der Waals surface area contributed by atoms with Crippen molar-refractivity contribution in [2.45, 2.75) is 26.4 Å². The topological polar surface area (TPSA) is 78.4 Å². The van der Waals surface area contributed by atoms with Gasteiger partial charge in [-0.1, -0.05) is 5.16 Å². The van der Waals surface area contributed by atoms with E-state index in [0.717, 1.165) is 5.76 Å². The molecule has 0 aliphatic rings. The number of furan rings is 1. The van der Waals surface area contributed by atoms with E-state index in [9.17, 15) is 4.79 Å². The summed E-state index contributed by atoms with van der Waals surface area (Å²) in [4.78, 5) is 15.3. The maximum Gasteiger partial charge on any atom is 0.306 e. The fourth-order valence-electron chi connectivity index (χ4n) is 1.29. The van der Waals surface area contributed by atoms with Gasteiger partial charge in [-0.05, 0) is 19.1 Å². The van der Waals surface area contributed by atoms with Gasteiger partial charge in [0.15, 0.2) is 12.4 Å². The van der Waals surface area contributed by atoms with Crippen LogP contribution in [0.4, 0.5) is 0 Å². The highest BCUT2D eigenvalue weighted by atomic mass is 16.6. The van der Waals surface area contributed by atoms with Crippen molar-refractivity contribution in [1.29, 1.82) is 0 Å². The SMILES string of the molecule is Cc1noc(COC(=O)CCc2ccco2)n1. The van der Waals surface area contributed by atoms with Crippen molar-refractivity contribution in [1.82, 2.24) is 10.1 Å². The first-order valence-electron chi connectivity index (χ1n) is 5.21. The third kappa shape index (κ3) is 3.44. The molecular formula is C11H12N2O4. The zero-order valence-corrected chi connectivity index (χ0v) is 9.38. The predicted octanol–water partition coefficient (Wildman–Crippen LogP) is 1.65. The molecule has 6 heteroatoms. The molecule has 0 aliphatic heterocycles. The molecule has 0 aromatic carbocycles. The summed E-state index contributed by atoms with van der Waals surface area (Å²) in [6.45, 7) is 1.71. The first kappa shape index (κ1) is 11.4. The minimum atomic E-state index is -0.322. The predicted molar refractivity (Wildman–Crippen MR) is 55.9 cm³/mol. The van der Waals surface area contributed by atoms with E-state index in [1.165, 1.54) is 0 Å². The summed E-state index contributed by atoms with van der Waals surface area (Å²) in [5.41, 5.74) is 0.